The van der Waals surface area contributed by atoms with Gasteiger partial charge in [0.25, 0.3) is 0 Å². The van der Waals surface area contributed by atoms with E-state index in [0.29, 0.717) is 11.8 Å². The molecule has 0 aromatic heterocycles. The molecule has 1 aromatic carbocycles. The normalized spacial score (nSPS) is 40.4. The highest BCUT2D eigenvalue weighted by Crippen LogP contribution is 2.62. The fourth-order valence-electron chi connectivity index (χ4n) is 6.07. The van der Waals surface area contributed by atoms with Crippen molar-refractivity contribution in [1.82, 2.24) is 0 Å². The van der Waals surface area contributed by atoms with E-state index in [0.717, 1.165) is 24.5 Å². The first-order chi connectivity index (χ1) is 11.1. The Labute approximate surface area is 139 Å². The first-order valence-electron chi connectivity index (χ1n) is 9.10. The van der Waals surface area contributed by atoms with Gasteiger partial charge in [-0.1, -0.05) is 19.1 Å². The van der Waals surface area contributed by atoms with E-state index in [1.54, 1.807) is 12.7 Å². The zero-order valence-corrected chi connectivity index (χ0v) is 14.5. The lowest BCUT2D eigenvalue weighted by Crippen LogP contribution is -2.40. The van der Waals surface area contributed by atoms with Gasteiger partial charge in [0.05, 0.1) is 13.2 Å². The van der Waals surface area contributed by atoms with Crippen LogP contribution in [-0.2, 0) is 6.42 Å². The molecular weight excluding hydrogens is 284 g/mol. The van der Waals surface area contributed by atoms with Crippen LogP contribution in [0.3, 0.4) is 0 Å². The number of benzene rings is 1. The SMILES string of the molecule is C/C=C1/[C@H](O)C[C@H]2[C@@H]3CCc4cc(OC)ccc4[C@H]3CC[C@]12C. The summed E-state index contributed by atoms with van der Waals surface area (Å²) in [6.07, 6.45) is 7.81. The van der Waals surface area contributed by atoms with E-state index in [9.17, 15) is 5.11 Å². The smallest absolute Gasteiger partial charge is 0.119 e. The number of hydrogen-bond donors (Lipinski definition) is 1. The van der Waals surface area contributed by atoms with E-state index in [1.807, 2.05) is 0 Å². The van der Waals surface area contributed by atoms with Crippen LogP contribution < -0.4 is 4.74 Å². The lowest BCUT2D eigenvalue weighted by Gasteiger charge is -2.49. The number of methoxy groups -OCH3 is 1. The largest absolute Gasteiger partial charge is 0.497 e. The molecule has 2 nitrogen and oxygen atoms in total. The van der Waals surface area contributed by atoms with Crippen molar-refractivity contribution >= 4 is 0 Å². The molecule has 1 N–H and O–H groups in total. The summed E-state index contributed by atoms with van der Waals surface area (Å²) in [5.74, 6) is 3.01. The Morgan fingerprint density at radius 1 is 1.30 bits per heavy atom. The predicted molar refractivity (Wildman–Crippen MR) is 92.8 cm³/mol. The van der Waals surface area contributed by atoms with Crippen LogP contribution in [0, 0.1) is 17.3 Å². The Morgan fingerprint density at radius 2 is 2.13 bits per heavy atom. The van der Waals surface area contributed by atoms with Crippen molar-refractivity contribution in [3.8, 4) is 5.75 Å². The van der Waals surface area contributed by atoms with E-state index in [4.69, 9.17) is 4.74 Å². The Balaban J connectivity index is 1.70. The number of allylic oxidation sites excluding steroid dienone is 1. The summed E-state index contributed by atoms with van der Waals surface area (Å²) in [4.78, 5) is 0. The van der Waals surface area contributed by atoms with Gasteiger partial charge in [-0.05, 0) is 91.0 Å². The molecule has 2 saturated carbocycles. The van der Waals surface area contributed by atoms with Crippen molar-refractivity contribution in [2.75, 3.05) is 7.11 Å². The third kappa shape index (κ3) is 2.11. The minimum absolute atomic E-state index is 0.217. The maximum Gasteiger partial charge on any atom is 0.119 e. The molecule has 2 heteroatoms. The maximum absolute atomic E-state index is 10.6. The lowest BCUT2D eigenvalue weighted by atomic mass is 9.55. The fourth-order valence-corrected chi connectivity index (χ4v) is 6.07. The standard InChI is InChI=1S/C21H28O2/c1-4-18-20(22)12-19-17-7-5-13-11-14(23-3)6-8-15(13)16(17)9-10-21(18,19)2/h4,6,8,11,16-17,19-20,22H,5,7,9-10,12H2,1-3H3/b18-4-/t16-,17-,19+,20-,21-/m1/s1. The highest BCUT2D eigenvalue weighted by Gasteiger charge is 2.55. The first kappa shape index (κ1) is 15.3. The zero-order chi connectivity index (χ0) is 16.2. The van der Waals surface area contributed by atoms with Crippen molar-refractivity contribution in [3.05, 3.63) is 41.0 Å². The van der Waals surface area contributed by atoms with Crippen LogP contribution in [-0.4, -0.2) is 18.3 Å². The molecule has 23 heavy (non-hydrogen) atoms. The quantitative estimate of drug-likeness (QED) is 0.775. The van der Waals surface area contributed by atoms with Gasteiger partial charge in [-0.2, -0.15) is 0 Å². The van der Waals surface area contributed by atoms with Crippen LogP contribution in [0.25, 0.3) is 0 Å². The minimum atomic E-state index is -0.217. The summed E-state index contributed by atoms with van der Waals surface area (Å²) in [6.45, 7) is 4.50. The van der Waals surface area contributed by atoms with Crippen LogP contribution in [0.15, 0.2) is 29.8 Å². The minimum Gasteiger partial charge on any atom is -0.497 e. The predicted octanol–water partition coefficient (Wildman–Crippen LogP) is 4.47. The molecule has 1 aromatic rings. The molecule has 0 bridgehead atoms. The molecule has 124 valence electrons. The highest BCUT2D eigenvalue weighted by atomic mass is 16.5. The van der Waals surface area contributed by atoms with Gasteiger partial charge >= 0.3 is 0 Å². The Morgan fingerprint density at radius 3 is 2.87 bits per heavy atom. The number of aliphatic hydroxyl groups excluding tert-OH is 1. The van der Waals surface area contributed by atoms with Crippen molar-refractivity contribution in [2.24, 2.45) is 17.3 Å². The van der Waals surface area contributed by atoms with Crippen LogP contribution in [0.5, 0.6) is 5.75 Å². The lowest BCUT2D eigenvalue weighted by molar-refractivity contribution is 0.0781. The van der Waals surface area contributed by atoms with Crippen molar-refractivity contribution in [1.29, 1.82) is 0 Å². The second-order valence-corrected chi connectivity index (χ2v) is 7.93. The number of hydrogen-bond acceptors (Lipinski definition) is 2. The van der Waals surface area contributed by atoms with Crippen LogP contribution in [0.2, 0.25) is 0 Å². The second kappa shape index (κ2) is 5.37. The number of rotatable bonds is 1. The summed E-state index contributed by atoms with van der Waals surface area (Å²) in [7, 11) is 1.75. The van der Waals surface area contributed by atoms with E-state index in [-0.39, 0.29) is 11.5 Å². The van der Waals surface area contributed by atoms with Gasteiger partial charge in [-0.25, -0.2) is 0 Å². The molecular formula is C21H28O2. The van der Waals surface area contributed by atoms with Crippen molar-refractivity contribution < 1.29 is 9.84 Å². The summed E-state index contributed by atoms with van der Waals surface area (Å²) < 4.78 is 5.40. The van der Waals surface area contributed by atoms with E-state index >= 15 is 0 Å². The van der Waals surface area contributed by atoms with Gasteiger partial charge in [0.2, 0.25) is 0 Å². The summed E-state index contributed by atoms with van der Waals surface area (Å²) in [6, 6.07) is 6.66. The van der Waals surface area contributed by atoms with Gasteiger partial charge in [0.1, 0.15) is 5.75 Å². The number of fused-ring (bicyclic) bond motifs is 5. The number of ether oxygens (including phenoxy) is 1. The van der Waals surface area contributed by atoms with Crippen LogP contribution in [0.1, 0.15) is 56.6 Å². The van der Waals surface area contributed by atoms with Gasteiger partial charge < -0.3 is 9.84 Å². The topological polar surface area (TPSA) is 29.5 Å². The first-order valence-corrected chi connectivity index (χ1v) is 9.10. The average molecular weight is 312 g/mol. The molecule has 0 saturated heterocycles. The number of aryl methyl sites for hydroxylation is 1. The summed E-state index contributed by atoms with van der Waals surface area (Å²) in [5.41, 5.74) is 4.56. The Kier molecular flexibility index (Phi) is 3.57. The molecule has 0 amide bonds. The molecule has 0 spiro atoms. The van der Waals surface area contributed by atoms with Gasteiger partial charge in [-0.3, -0.25) is 0 Å². The van der Waals surface area contributed by atoms with Gasteiger partial charge in [0.15, 0.2) is 0 Å². The molecule has 2 fully saturated rings. The fraction of sp³-hybridized carbons (Fsp3) is 0.619. The van der Waals surface area contributed by atoms with Gasteiger partial charge in [-0.15, -0.1) is 0 Å². The van der Waals surface area contributed by atoms with E-state index in [1.165, 1.54) is 30.4 Å². The Hall–Kier alpha value is -1.28. The third-order valence-corrected chi connectivity index (χ3v) is 7.13. The van der Waals surface area contributed by atoms with Crippen molar-refractivity contribution in [3.63, 3.8) is 0 Å². The summed E-state index contributed by atoms with van der Waals surface area (Å²) >= 11 is 0. The number of aliphatic hydroxyl groups is 1. The third-order valence-electron chi connectivity index (χ3n) is 7.13. The molecule has 0 unspecified atom stereocenters. The van der Waals surface area contributed by atoms with Gasteiger partial charge in [0, 0.05) is 0 Å². The van der Waals surface area contributed by atoms with E-state index < -0.39 is 0 Å². The van der Waals surface area contributed by atoms with Crippen LogP contribution in [0.4, 0.5) is 0 Å². The van der Waals surface area contributed by atoms with E-state index in [2.05, 4.69) is 38.1 Å². The molecule has 0 heterocycles. The molecule has 5 atom stereocenters. The Bertz CT molecular complexity index is 647. The van der Waals surface area contributed by atoms with Crippen molar-refractivity contribution in [2.45, 2.75) is 58.0 Å². The average Bonchev–Trinajstić information content (AvgIpc) is 2.83. The molecule has 4 rings (SSSR count). The highest BCUT2D eigenvalue weighted by molar-refractivity contribution is 5.41. The molecule has 3 aliphatic carbocycles. The zero-order valence-electron chi connectivity index (χ0n) is 14.5. The molecule has 0 aliphatic heterocycles. The monoisotopic (exact) mass is 312 g/mol. The van der Waals surface area contributed by atoms with Crippen LogP contribution >= 0.6 is 0 Å². The molecule has 3 aliphatic rings. The maximum atomic E-state index is 10.6. The second-order valence-electron chi connectivity index (χ2n) is 7.93. The summed E-state index contributed by atoms with van der Waals surface area (Å²) in [5, 5.41) is 10.6. The molecule has 0 radical (unpaired) electrons.